The van der Waals surface area contributed by atoms with E-state index in [-0.39, 0.29) is 16.5 Å². The number of rotatable bonds is 8. The fourth-order valence-corrected chi connectivity index (χ4v) is 3.99. The number of hydrogen-bond acceptors (Lipinski definition) is 5. The van der Waals surface area contributed by atoms with Crippen LogP contribution in [-0.4, -0.2) is 44.3 Å². The van der Waals surface area contributed by atoms with Crippen molar-refractivity contribution < 1.29 is 22.7 Å². The molecule has 0 radical (unpaired) electrons. The Hall–Kier alpha value is -2.71. The summed E-state index contributed by atoms with van der Waals surface area (Å²) in [6.45, 7) is 5.01. The zero-order chi connectivity index (χ0) is 21.6. The quantitative estimate of drug-likeness (QED) is 0.665. The van der Waals surface area contributed by atoms with Crippen molar-refractivity contribution in [1.29, 1.82) is 0 Å². The highest BCUT2D eigenvalue weighted by Crippen LogP contribution is 2.19. The summed E-state index contributed by atoms with van der Waals surface area (Å²) in [6, 6.07) is 12.7. The van der Waals surface area contributed by atoms with E-state index in [2.05, 4.69) is 5.32 Å². The molecule has 29 heavy (non-hydrogen) atoms. The van der Waals surface area contributed by atoms with Gasteiger partial charge in [-0.2, -0.15) is 4.31 Å². The molecule has 0 aromatic heterocycles. The monoisotopic (exact) mass is 418 g/mol. The standard InChI is InChI=1S/C21H26N2O5S/c1-5-16-9-6-7-12-19(16)22-20(24)14-28-21(25)17-10-8-11-18(13-17)29(26,27)23(4)15(2)3/h6-13,15H,5,14H2,1-4H3,(H,22,24). The van der Waals surface area contributed by atoms with Gasteiger partial charge < -0.3 is 10.1 Å². The van der Waals surface area contributed by atoms with E-state index in [1.54, 1.807) is 26.0 Å². The lowest BCUT2D eigenvalue weighted by molar-refractivity contribution is -0.119. The van der Waals surface area contributed by atoms with Crippen molar-refractivity contribution in [3.63, 3.8) is 0 Å². The summed E-state index contributed by atoms with van der Waals surface area (Å²) >= 11 is 0. The lowest BCUT2D eigenvalue weighted by Crippen LogP contribution is -2.33. The number of amides is 1. The third-order valence-electron chi connectivity index (χ3n) is 4.48. The number of carbonyl (C=O) groups excluding carboxylic acids is 2. The molecule has 0 fully saturated rings. The van der Waals surface area contributed by atoms with Crippen LogP contribution in [0.1, 0.15) is 36.7 Å². The van der Waals surface area contributed by atoms with Gasteiger partial charge in [-0.15, -0.1) is 0 Å². The van der Waals surface area contributed by atoms with Crippen molar-refractivity contribution >= 4 is 27.6 Å². The van der Waals surface area contributed by atoms with Gasteiger partial charge in [0.05, 0.1) is 10.5 Å². The molecule has 0 spiro atoms. The second-order valence-electron chi connectivity index (χ2n) is 6.78. The third kappa shape index (κ3) is 5.65. The van der Waals surface area contributed by atoms with Crippen LogP contribution >= 0.6 is 0 Å². The molecule has 7 nitrogen and oxygen atoms in total. The molecule has 156 valence electrons. The fraction of sp³-hybridized carbons (Fsp3) is 0.333. The van der Waals surface area contributed by atoms with E-state index in [4.69, 9.17) is 4.74 Å². The topological polar surface area (TPSA) is 92.8 Å². The average Bonchev–Trinajstić information content (AvgIpc) is 2.71. The maximum absolute atomic E-state index is 12.6. The van der Waals surface area contributed by atoms with Crippen LogP contribution in [0.2, 0.25) is 0 Å². The Morgan fingerprint density at radius 3 is 2.45 bits per heavy atom. The second-order valence-corrected chi connectivity index (χ2v) is 8.78. The van der Waals surface area contributed by atoms with Crippen LogP contribution in [0.5, 0.6) is 0 Å². The number of para-hydroxylation sites is 1. The Labute approximate surface area is 171 Å². The molecule has 2 rings (SSSR count). The molecular formula is C21H26N2O5S. The Morgan fingerprint density at radius 2 is 1.79 bits per heavy atom. The molecule has 8 heteroatoms. The third-order valence-corrected chi connectivity index (χ3v) is 6.51. The van der Waals surface area contributed by atoms with Crippen molar-refractivity contribution in [2.45, 2.75) is 38.1 Å². The minimum Gasteiger partial charge on any atom is -0.452 e. The van der Waals surface area contributed by atoms with E-state index in [1.165, 1.54) is 35.6 Å². The van der Waals surface area contributed by atoms with Gasteiger partial charge >= 0.3 is 5.97 Å². The van der Waals surface area contributed by atoms with Crippen LogP contribution in [0, 0.1) is 0 Å². The van der Waals surface area contributed by atoms with E-state index in [1.807, 2.05) is 19.1 Å². The summed E-state index contributed by atoms with van der Waals surface area (Å²) in [5, 5.41) is 2.71. The molecule has 0 atom stereocenters. The normalized spacial score (nSPS) is 11.5. The molecule has 0 saturated heterocycles. The number of esters is 1. The SMILES string of the molecule is CCc1ccccc1NC(=O)COC(=O)c1cccc(S(=O)(=O)N(C)C(C)C)c1. The molecule has 1 amide bonds. The van der Waals surface area contributed by atoms with E-state index >= 15 is 0 Å². The van der Waals surface area contributed by atoms with E-state index in [0.717, 1.165) is 12.0 Å². The lowest BCUT2D eigenvalue weighted by Gasteiger charge is -2.21. The van der Waals surface area contributed by atoms with Crippen LogP contribution in [-0.2, 0) is 26.0 Å². The first-order valence-electron chi connectivity index (χ1n) is 9.29. The lowest BCUT2D eigenvalue weighted by atomic mass is 10.1. The number of benzene rings is 2. The molecule has 0 aliphatic carbocycles. The van der Waals surface area contributed by atoms with Crippen LogP contribution in [0.15, 0.2) is 53.4 Å². The van der Waals surface area contributed by atoms with E-state index in [9.17, 15) is 18.0 Å². The van der Waals surface area contributed by atoms with Crippen molar-refractivity contribution in [3.05, 3.63) is 59.7 Å². The first-order chi connectivity index (χ1) is 13.7. The van der Waals surface area contributed by atoms with Crippen LogP contribution in [0.4, 0.5) is 5.69 Å². The van der Waals surface area contributed by atoms with Gasteiger partial charge in [-0.3, -0.25) is 4.79 Å². The highest BCUT2D eigenvalue weighted by Gasteiger charge is 2.24. The van der Waals surface area contributed by atoms with Crippen molar-refractivity contribution in [2.75, 3.05) is 19.0 Å². The Kier molecular flexibility index (Phi) is 7.53. The minimum absolute atomic E-state index is 0.00975. The molecule has 0 aliphatic heterocycles. The minimum atomic E-state index is -3.73. The van der Waals surface area contributed by atoms with Crippen molar-refractivity contribution in [3.8, 4) is 0 Å². The van der Waals surface area contributed by atoms with Gasteiger partial charge in [0.1, 0.15) is 0 Å². The van der Waals surface area contributed by atoms with Gasteiger partial charge in [0.2, 0.25) is 10.0 Å². The average molecular weight is 419 g/mol. The molecule has 0 bridgehead atoms. The predicted octanol–water partition coefficient (Wildman–Crippen LogP) is 3.07. The molecule has 1 N–H and O–H groups in total. The fourth-order valence-electron chi connectivity index (χ4n) is 2.58. The number of anilines is 1. The summed E-state index contributed by atoms with van der Waals surface area (Å²) in [7, 11) is -2.25. The molecule has 0 saturated carbocycles. The zero-order valence-electron chi connectivity index (χ0n) is 17.0. The summed E-state index contributed by atoms with van der Waals surface area (Å²) in [4.78, 5) is 24.4. The second kappa shape index (κ2) is 9.67. The largest absolute Gasteiger partial charge is 0.452 e. The molecule has 2 aromatic rings. The molecule has 0 heterocycles. The molecule has 0 aliphatic rings. The highest BCUT2D eigenvalue weighted by atomic mass is 32.2. The number of nitrogens with one attached hydrogen (secondary N) is 1. The van der Waals surface area contributed by atoms with Gasteiger partial charge in [-0.05, 0) is 50.1 Å². The van der Waals surface area contributed by atoms with Crippen molar-refractivity contribution in [2.24, 2.45) is 0 Å². The van der Waals surface area contributed by atoms with Gasteiger partial charge in [-0.25, -0.2) is 13.2 Å². The number of carbonyl (C=O) groups is 2. The number of ether oxygens (including phenoxy) is 1. The maximum Gasteiger partial charge on any atom is 0.338 e. The summed E-state index contributed by atoms with van der Waals surface area (Å²) < 4.78 is 31.4. The Balaban J connectivity index is 2.05. The van der Waals surface area contributed by atoms with Gasteiger partial charge in [0.25, 0.3) is 5.91 Å². The van der Waals surface area contributed by atoms with Crippen molar-refractivity contribution in [1.82, 2.24) is 4.31 Å². The van der Waals surface area contributed by atoms with Crippen LogP contribution in [0.25, 0.3) is 0 Å². The summed E-state index contributed by atoms with van der Waals surface area (Å²) in [5.41, 5.74) is 1.70. The van der Waals surface area contributed by atoms with Gasteiger partial charge in [0.15, 0.2) is 6.61 Å². The molecule has 0 unspecified atom stereocenters. The number of sulfonamides is 1. The first-order valence-corrected chi connectivity index (χ1v) is 10.7. The van der Waals surface area contributed by atoms with E-state index < -0.39 is 28.5 Å². The highest BCUT2D eigenvalue weighted by molar-refractivity contribution is 7.89. The maximum atomic E-state index is 12.6. The number of aryl methyl sites for hydroxylation is 1. The first kappa shape index (κ1) is 22.6. The smallest absolute Gasteiger partial charge is 0.338 e. The summed E-state index contributed by atoms with van der Waals surface area (Å²) in [5.74, 6) is -1.24. The number of nitrogens with zero attached hydrogens (tertiary/aromatic N) is 1. The van der Waals surface area contributed by atoms with Gasteiger partial charge in [-0.1, -0.05) is 31.2 Å². The zero-order valence-corrected chi connectivity index (χ0v) is 17.8. The predicted molar refractivity (Wildman–Crippen MR) is 111 cm³/mol. The molecule has 2 aromatic carbocycles. The van der Waals surface area contributed by atoms with Crippen LogP contribution < -0.4 is 5.32 Å². The Bertz CT molecular complexity index is 986. The van der Waals surface area contributed by atoms with Crippen LogP contribution in [0.3, 0.4) is 0 Å². The Morgan fingerprint density at radius 1 is 1.10 bits per heavy atom. The van der Waals surface area contributed by atoms with E-state index in [0.29, 0.717) is 5.69 Å². The summed E-state index contributed by atoms with van der Waals surface area (Å²) in [6.07, 6.45) is 0.752. The van der Waals surface area contributed by atoms with Gasteiger partial charge in [0, 0.05) is 18.8 Å². The number of hydrogen-bond donors (Lipinski definition) is 1. The molecular weight excluding hydrogens is 392 g/mol.